The van der Waals surface area contributed by atoms with Crippen LogP contribution in [0.3, 0.4) is 0 Å². The zero-order valence-electron chi connectivity index (χ0n) is 12.3. The van der Waals surface area contributed by atoms with Crippen LogP contribution in [-0.4, -0.2) is 22.7 Å². The monoisotopic (exact) mass is 308 g/mol. The highest BCUT2D eigenvalue weighted by Crippen LogP contribution is 2.05. The van der Waals surface area contributed by atoms with Gasteiger partial charge in [-0.2, -0.15) is 5.10 Å². The Morgan fingerprint density at radius 2 is 1.81 bits per heavy atom. The van der Waals surface area contributed by atoms with E-state index in [1.807, 2.05) is 26.1 Å². The van der Waals surface area contributed by atoms with Crippen molar-refractivity contribution >= 4 is 18.3 Å². The Hall–Kier alpha value is -1.85. The maximum Gasteiger partial charge on any atom is 0.254 e. The molecule has 1 aromatic carbocycles. The van der Waals surface area contributed by atoms with Gasteiger partial charge in [0, 0.05) is 25.8 Å². The lowest BCUT2D eigenvalue weighted by Crippen LogP contribution is -2.22. The molecule has 0 aliphatic rings. The first kappa shape index (κ1) is 17.2. The van der Waals surface area contributed by atoms with Crippen LogP contribution < -0.4 is 10.6 Å². The molecule has 114 valence electrons. The summed E-state index contributed by atoms with van der Waals surface area (Å²) in [5.41, 5.74) is 2.91. The molecule has 0 saturated carbocycles. The van der Waals surface area contributed by atoms with E-state index in [1.165, 1.54) is 5.56 Å². The van der Waals surface area contributed by atoms with Crippen LogP contribution in [-0.2, 0) is 19.6 Å². The first-order valence-corrected chi connectivity index (χ1v) is 6.76. The molecule has 21 heavy (non-hydrogen) atoms. The Morgan fingerprint density at radius 1 is 1.19 bits per heavy atom. The van der Waals surface area contributed by atoms with Crippen molar-refractivity contribution in [3.8, 4) is 0 Å². The second-order valence-corrected chi connectivity index (χ2v) is 4.61. The van der Waals surface area contributed by atoms with E-state index in [4.69, 9.17) is 0 Å². The van der Waals surface area contributed by atoms with Gasteiger partial charge in [-0.3, -0.25) is 9.48 Å². The van der Waals surface area contributed by atoms with E-state index >= 15 is 0 Å². The van der Waals surface area contributed by atoms with E-state index in [0.29, 0.717) is 12.1 Å². The van der Waals surface area contributed by atoms with Crippen molar-refractivity contribution in [3.05, 3.63) is 53.3 Å². The summed E-state index contributed by atoms with van der Waals surface area (Å²) in [5, 5.41) is 10.1. The molecular formula is C15H21ClN4O. The smallest absolute Gasteiger partial charge is 0.254 e. The summed E-state index contributed by atoms with van der Waals surface area (Å²) in [6.07, 6.45) is 3.35. The van der Waals surface area contributed by atoms with Gasteiger partial charge in [0.15, 0.2) is 0 Å². The molecule has 2 N–H and O–H groups in total. The van der Waals surface area contributed by atoms with Gasteiger partial charge in [0.25, 0.3) is 5.91 Å². The zero-order chi connectivity index (χ0) is 14.4. The second-order valence-electron chi connectivity index (χ2n) is 4.61. The summed E-state index contributed by atoms with van der Waals surface area (Å²) in [7, 11) is 1.92. The van der Waals surface area contributed by atoms with Crippen molar-refractivity contribution in [2.75, 3.05) is 7.05 Å². The van der Waals surface area contributed by atoms with E-state index in [1.54, 1.807) is 17.1 Å². The van der Waals surface area contributed by atoms with E-state index < -0.39 is 0 Å². The van der Waals surface area contributed by atoms with Crippen LogP contribution in [0.2, 0.25) is 0 Å². The van der Waals surface area contributed by atoms with Crippen LogP contribution in [0.4, 0.5) is 0 Å². The topological polar surface area (TPSA) is 59.0 Å². The minimum atomic E-state index is -0.0935. The van der Waals surface area contributed by atoms with Gasteiger partial charge in [-0.25, -0.2) is 0 Å². The number of carbonyl (C=O) groups excluding carboxylic acids is 1. The molecule has 0 aliphatic carbocycles. The molecule has 0 atom stereocenters. The van der Waals surface area contributed by atoms with Crippen LogP contribution in [0.25, 0.3) is 0 Å². The van der Waals surface area contributed by atoms with E-state index in [-0.39, 0.29) is 18.3 Å². The average Bonchev–Trinajstić information content (AvgIpc) is 2.95. The number of carbonyl (C=O) groups is 1. The maximum absolute atomic E-state index is 11.9. The third-order valence-corrected chi connectivity index (χ3v) is 3.08. The lowest BCUT2D eigenvalue weighted by molar-refractivity contribution is 0.0951. The number of hydrogen-bond acceptors (Lipinski definition) is 3. The summed E-state index contributed by atoms with van der Waals surface area (Å²) in [6, 6.07) is 8.19. The molecule has 0 radical (unpaired) electrons. The van der Waals surface area contributed by atoms with Crippen molar-refractivity contribution in [2.45, 2.75) is 26.6 Å². The number of rotatable bonds is 6. The lowest BCUT2D eigenvalue weighted by Gasteiger charge is -2.05. The van der Waals surface area contributed by atoms with Gasteiger partial charge in [0.05, 0.1) is 11.8 Å². The Morgan fingerprint density at radius 3 is 2.33 bits per heavy atom. The molecule has 0 aliphatic heterocycles. The number of nitrogens with one attached hydrogen (secondary N) is 2. The summed E-state index contributed by atoms with van der Waals surface area (Å²) >= 11 is 0. The maximum atomic E-state index is 11.9. The number of aromatic nitrogens is 2. The summed E-state index contributed by atoms with van der Waals surface area (Å²) in [6.45, 7) is 4.13. The van der Waals surface area contributed by atoms with Gasteiger partial charge in [-0.15, -0.1) is 12.4 Å². The van der Waals surface area contributed by atoms with Crippen molar-refractivity contribution in [1.29, 1.82) is 0 Å². The zero-order valence-corrected chi connectivity index (χ0v) is 13.1. The predicted molar refractivity (Wildman–Crippen MR) is 85.5 cm³/mol. The van der Waals surface area contributed by atoms with Crippen molar-refractivity contribution in [1.82, 2.24) is 20.4 Å². The number of halogens is 1. The highest BCUT2D eigenvalue weighted by atomic mass is 35.5. The second kappa shape index (κ2) is 8.44. The van der Waals surface area contributed by atoms with Crippen LogP contribution in [0.5, 0.6) is 0 Å². The van der Waals surface area contributed by atoms with Gasteiger partial charge in [0.2, 0.25) is 0 Å². The molecule has 0 spiro atoms. The Balaban J connectivity index is 0.00000220. The number of nitrogens with zero attached hydrogens (tertiary/aromatic N) is 2. The van der Waals surface area contributed by atoms with Crippen LogP contribution in [0.15, 0.2) is 36.7 Å². The molecule has 1 aromatic heterocycles. The molecule has 0 bridgehead atoms. The van der Waals surface area contributed by atoms with Crippen molar-refractivity contribution in [3.63, 3.8) is 0 Å². The molecule has 0 saturated heterocycles. The number of hydrogen-bond donors (Lipinski definition) is 2. The summed E-state index contributed by atoms with van der Waals surface area (Å²) in [4.78, 5) is 11.9. The van der Waals surface area contributed by atoms with Gasteiger partial charge in [-0.1, -0.05) is 24.3 Å². The van der Waals surface area contributed by atoms with Gasteiger partial charge < -0.3 is 10.6 Å². The number of aryl methyl sites for hydroxylation is 1. The molecule has 2 rings (SSSR count). The molecule has 6 heteroatoms. The van der Waals surface area contributed by atoms with Gasteiger partial charge in [-0.05, 0) is 25.1 Å². The highest BCUT2D eigenvalue weighted by molar-refractivity contribution is 5.93. The van der Waals surface area contributed by atoms with E-state index in [9.17, 15) is 4.79 Å². The van der Waals surface area contributed by atoms with Crippen molar-refractivity contribution in [2.24, 2.45) is 0 Å². The predicted octanol–water partition coefficient (Wildman–Crippen LogP) is 1.97. The van der Waals surface area contributed by atoms with Gasteiger partial charge >= 0.3 is 0 Å². The first-order chi connectivity index (χ1) is 9.72. The Labute approximate surface area is 131 Å². The highest BCUT2D eigenvalue weighted by Gasteiger charge is 2.07. The Kier molecular flexibility index (Phi) is 6.91. The third kappa shape index (κ3) is 4.88. The van der Waals surface area contributed by atoms with E-state index in [0.717, 1.165) is 18.7 Å². The Bertz CT molecular complexity index is 565. The molecule has 2 aromatic rings. The average molecular weight is 309 g/mol. The normalized spacial score (nSPS) is 10.0. The van der Waals surface area contributed by atoms with E-state index in [2.05, 4.69) is 27.9 Å². The minimum absolute atomic E-state index is 0. The molecule has 1 heterocycles. The van der Waals surface area contributed by atoms with Crippen LogP contribution in [0, 0.1) is 0 Å². The standard InChI is InChI=1S/C15H20N4O.ClH/c1-3-19-11-14(10-18-19)15(20)17-9-13-6-4-12(5-7-13)8-16-2;/h4-7,10-11,16H,3,8-9H2,1-2H3,(H,17,20);1H. The summed E-state index contributed by atoms with van der Waals surface area (Å²) in [5.74, 6) is -0.0935. The quantitative estimate of drug-likeness (QED) is 0.858. The van der Waals surface area contributed by atoms with Crippen molar-refractivity contribution < 1.29 is 4.79 Å². The minimum Gasteiger partial charge on any atom is -0.348 e. The number of benzene rings is 1. The molecule has 0 fully saturated rings. The fourth-order valence-corrected chi connectivity index (χ4v) is 1.92. The number of amides is 1. The molecule has 0 unspecified atom stereocenters. The van der Waals surface area contributed by atoms with Gasteiger partial charge in [0.1, 0.15) is 0 Å². The fourth-order valence-electron chi connectivity index (χ4n) is 1.92. The molecule has 5 nitrogen and oxygen atoms in total. The molecular weight excluding hydrogens is 288 g/mol. The fraction of sp³-hybridized carbons (Fsp3) is 0.333. The molecule has 1 amide bonds. The summed E-state index contributed by atoms with van der Waals surface area (Å²) < 4.78 is 1.74. The first-order valence-electron chi connectivity index (χ1n) is 6.76. The third-order valence-electron chi connectivity index (χ3n) is 3.08. The lowest BCUT2D eigenvalue weighted by atomic mass is 10.1. The SMILES string of the molecule is CCn1cc(C(=O)NCc2ccc(CNC)cc2)cn1.Cl. The van der Waals surface area contributed by atoms with Crippen LogP contribution in [0.1, 0.15) is 28.4 Å². The van der Waals surface area contributed by atoms with Crippen LogP contribution >= 0.6 is 12.4 Å². The largest absolute Gasteiger partial charge is 0.348 e.